The van der Waals surface area contributed by atoms with Crippen molar-refractivity contribution in [3.8, 4) is 0 Å². The van der Waals surface area contributed by atoms with Gasteiger partial charge in [-0.2, -0.15) is 0 Å². The summed E-state index contributed by atoms with van der Waals surface area (Å²) >= 11 is 0. The first-order valence-electron chi connectivity index (χ1n) is 13.5. The second kappa shape index (κ2) is 21.4. The van der Waals surface area contributed by atoms with Crippen LogP contribution in [0.25, 0.3) is 0 Å². The van der Waals surface area contributed by atoms with Crippen LogP contribution >= 0.6 is 7.82 Å². The maximum atomic E-state index is 11.9. The number of methoxy groups -OCH3 is 1. The van der Waals surface area contributed by atoms with Gasteiger partial charge in [-0.1, -0.05) is 84.0 Å². The second-order valence-electron chi connectivity index (χ2n) is 10.2. The van der Waals surface area contributed by atoms with Gasteiger partial charge in [0.15, 0.2) is 0 Å². The smallest absolute Gasteiger partial charge is 0.447 e. The van der Waals surface area contributed by atoms with Gasteiger partial charge in [0.05, 0.1) is 27.7 Å². The third-order valence-corrected chi connectivity index (χ3v) is 6.71. The van der Waals surface area contributed by atoms with Gasteiger partial charge in [-0.05, 0) is 6.42 Å². The fraction of sp³-hybridized carbons (Fsp3) is 0.960. The number of nitrogens with zero attached hydrogens (tertiary/aromatic N) is 1. The molecule has 35 heavy (non-hydrogen) atoms. The monoisotopic (exact) mass is 525 g/mol. The SMILES string of the molecule is CCCCCCCCCCCCCCCNC(=O)OCC(COP(=O)(O)OCC[N+](C)(C)C)OC. The first kappa shape index (κ1) is 34.3. The highest BCUT2D eigenvalue weighted by Crippen LogP contribution is 2.43. The molecule has 0 aromatic heterocycles. The number of hydrogen-bond acceptors (Lipinski definition) is 6. The Labute approximate surface area is 214 Å². The van der Waals surface area contributed by atoms with Crippen LogP contribution in [0.15, 0.2) is 0 Å². The average Bonchev–Trinajstić information content (AvgIpc) is 2.78. The van der Waals surface area contributed by atoms with E-state index in [0.717, 1.165) is 12.8 Å². The van der Waals surface area contributed by atoms with E-state index in [4.69, 9.17) is 18.5 Å². The minimum Gasteiger partial charge on any atom is -0.447 e. The van der Waals surface area contributed by atoms with Gasteiger partial charge in [-0.3, -0.25) is 9.05 Å². The molecule has 1 amide bonds. The molecule has 9 nitrogen and oxygen atoms in total. The summed E-state index contributed by atoms with van der Waals surface area (Å²) in [7, 11) is 3.09. The zero-order valence-corrected chi connectivity index (χ0v) is 24.0. The van der Waals surface area contributed by atoms with Crippen molar-refractivity contribution in [3.05, 3.63) is 0 Å². The number of likely N-dealkylation sites (N-methyl/N-ethyl adjacent to an activating group) is 1. The highest BCUT2D eigenvalue weighted by Gasteiger charge is 2.25. The van der Waals surface area contributed by atoms with Crippen molar-refractivity contribution >= 4 is 13.9 Å². The third kappa shape index (κ3) is 24.8. The molecule has 10 heteroatoms. The molecule has 0 saturated heterocycles. The number of hydrogen-bond donors (Lipinski definition) is 2. The van der Waals surface area contributed by atoms with E-state index in [1.54, 1.807) is 0 Å². The molecule has 210 valence electrons. The number of phosphoric acid groups is 1. The number of quaternary nitrogens is 1. The lowest BCUT2D eigenvalue weighted by atomic mass is 10.0. The van der Waals surface area contributed by atoms with Crippen LogP contribution < -0.4 is 5.32 Å². The van der Waals surface area contributed by atoms with E-state index < -0.39 is 20.0 Å². The molecule has 2 unspecified atom stereocenters. The molecule has 0 spiro atoms. The van der Waals surface area contributed by atoms with Crippen LogP contribution in [0.4, 0.5) is 4.79 Å². The van der Waals surface area contributed by atoms with E-state index in [9.17, 15) is 14.3 Å². The summed E-state index contributed by atoms with van der Waals surface area (Å²) in [6, 6.07) is 0. The van der Waals surface area contributed by atoms with E-state index in [0.29, 0.717) is 17.6 Å². The lowest BCUT2D eigenvalue weighted by molar-refractivity contribution is -0.870. The molecule has 0 heterocycles. The number of unbranched alkanes of at least 4 members (excludes halogenated alkanes) is 12. The Morgan fingerprint density at radius 1 is 0.857 bits per heavy atom. The van der Waals surface area contributed by atoms with Crippen molar-refractivity contribution in [2.75, 3.05) is 61.2 Å². The minimum absolute atomic E-state index is 0.0835. The first-order valence-corrected chi connectivity index (χ1v) is 14.9. The molecule has 0 aliphatic heterocycles. The highest BCUT2D eigenvalue weighted by atomic mass is 31.2. The molecule has 0 saturated carbocycles. The topological polar surface area (TPSA) is 103 Å². The van der Waals surface area contributed by atoms with Crippen LogP contribution in [0.1, 0.15) is 90.4 Å². The summed E-state index contributed by atoms with van der Waals surface area (Å²) in [6.45, 7) is 3.16. The Balaban J connectivity index is 3.68. The number of carbonyl (C=O) groups excluding carboxylic acids is 1. The lowest BCUT2D eigenvalue weighted by Crippen LogP contribution is -2.37. The van der Waals surface area contributed by atoms with E-state index in [1.165, 1.54) is 77.7 Å². The van der Waals surface area contributed by atoms with Crippen molar-refractivity contribution in [1.29, 1.82) is 0 Å². The second-order valence-corrected chi connectivity index (χ2v) is 11.7. The van der Waals surface area contributed by atoms with Crippen molar-refractivity contribution in [1.82, 2.24) is 5.32 Å². The van der Waals surface area contributed by atoms with Crippen molar-refractivity contribution < 1.29 is 37.3 Å². The van der Waals surface area contributed by atoms with Crippen LogP contribution in [0, 0.1) is 0 Å². The summed E-state index contributed by atoms with van der Waals surface area (Å²) in [5.74, 6) is 0. The van der Waals surface area contributed by atoms with Gasteiger partial charge in [-0.15, -0.1) is 0 Å². The van der Waals surface area contributed by atoms with Gasteiger partial charge >= 0.3 is 13.9 Å². The quantitative estimate of drug-likeness (QED) is 0.0952. The predicted octanol–water partition coefficient (Wildman–Crippen LogP) is 5.66. The van der Waals surface area contributed by atoms with Crippen molar-refractivity contribution in [2.24, 2.45) is 0 Å². The normalized spacial score (nSPS) is 14.5. The molecule has 0 aromatic rings. The fourth-order valence-corrected chi connectivity index (χ4v) is 4.12. The summed E-state index contributed by atoms with van der Waals surface area (Å²) in [6.07, 6.45) is 15.4. The minimum atomic E-state index is -4.18. The van der Waals surface area contributed by atoms with Gasteiger partial charge in [-0.25, -0.2) is 9.36 Å². The van der Waals surface area contributed by atoms with Crippen molar-refractivity contribution in [2.45, 2.75) is 96.5 Å². The highest BCUT2D eigenvalue weighted by molar-refractivity contribution is 7.47. The zero-order chi connectivity index (χ0) is 26.4. The van der Waals surface area contributed by atoms with Crippen LogP contribution in [-0.4, -0.2) is 82.7 Å². The Hall–Kier alpha value is -0.700. The zero-order valence-electron chi connectivity index (χ0n) is 23.1. The first-order chi connectivity index (χ1) is 16.6. The van der Waals surface area contributed by atoms with E-state index >= 15 is 0 Å². The molecular formula is C25H54N2O7P+. The summed E-state index contributed by atoms with van der Waals surface area (Å²) in [4.78, 5) is 21.6. The van der Waals surface area contributed by atoms with Gasteiger partial charge < -0.3 is 24.2 Å². The largest absolute Gasteiger partial charge is 0.472 e. The van der Waals surface area contributed by atoms with Crippen LogP contribution in [-0.2, 0) is 23.1 Å². The Kier molecular flexibility index (Phi) is 21.0. The molecule has 0 bridgehead atoms. The maximum absolute atomic E-state index is 11.9. The molecule has 0 radical (unpaired) electrons. The lowest BCUT2D eigenvalue weighted by Gasteiger charge is -2.24. The summed E-state index contributed by atoms with van der Waals surface area (Å²) < 4.78 is 32.8. The maximum Gasteiger partial charge on any atom is 0.472 e. The van der Waals surface area contributed by atoms with E-state index in [-0.39, 0.29) is 19.8 Å². The molecule has 0 aromatic carbocycles. The van der Waals surface area contributed by atoms with E-state index in [1.807, 2.05) is 21.1 Å². The van der Waals surface area contributed by atoms with E-state index in [2.05, 4.69) is 12.2 Å². The summed E-state index contributed by atoms with van der Waals surface area (Å²) in [5, 5.41) is 2.73. The number of ether oxygens (including phenoxy) is 2. The Morgan fingerprint density at radius 2 is 1.37 bits per heavy atom. The van der Waals surface area contributed by atoms with Gasteiger partial charge in [0.25, 0.3) is 0 Å². The number of nitrogens with one attached hydrogen (secondary N) is 1. The predicted molar refractivity (Wildman–Crippen MR) is 140 cm³/mol. The number of carbonyl (C=O) groups is 1. The molecule has 2 atom stereocenters. The number of amides is 1. The molecule has 0 fully saturated rings. The van der Waals surface area contributed by atoms with Crippen LogP contribution in [0.5, 0.6) is 0 Å². The fourth-order valence-electron chi connectivity index (χ4n) is 3.38. The number of rotatable bonds is 24. The molecule has 0 aliphatic rings. The van der Waals surface area contributed by atoms with Gasteiger partial charge in [0.2, 0.25) is 0 Å². The van der Waals surface area contributed by atoms with Crippen molar-refractivity contribution in [3.63, 3.8) is 0 Å². The van der Waals surface area contributed by atoms with Crippen LogP contribution in [0.3, 0.4) is 0 Å². The molecule has 0 rings (SSSR count). The molecule has 2 N–H and O–H groups in total. The number of alkyl carbamates (subject to hydrolysis) is 1. The average molecular weight is 526 g/mol. The number of phosphoric ester groups is 1. The summed E-state index contributed by atoms with van der Waals surface area (Å²) in [5.41, 5.74) is 0. The van der Waals surface area contributed by atoms with Gasteiger partial charge in [0.1, 0.15) is 25.9 Å². The third-order valence-electron chi connectivity index (χ3n) is 5.72. The Bertz CT molecular complexity index is 558. The van der Waals surface area contributed by atoms with Gasteiger partial charge in [0, 0.05) is 13.7 Å². The molecular weight excluding hydrogens is 471 g/mol. The Morgan fingerprint density at radius 3 is 1.86 bits per heavy atom. The molecule has 0 aliphatic carbocycles. The standard InChI is InChI=1S/C25H53N2O7P/c1-6-7-8-9-10-11-12-13-14-15-16-17-18-19-26-25(28)32-22-24(31-5)23-34-35(29,30)33-21-20-27(2,3)4/h24H,6-23H2,1-5H3,(H-,26,28,29,30)/p+1. The van der Waals surface area contributed by atoms with Crippen LogP contribution in [0.2, 0.25) is 0 Å².